The summed E-state index contributed by atoms with van der Waals surface area (Å²) in [5, 5.41) is 55.7. The molecule has 0 aliphatic heterocycles. The van der Waals surface area contributed by atoms with E-state index in [1.165, 1.54) is 24.3 Å². The van der Waals surface area contributed by atoms with Gasteiger partial charge in [0.1, 0.15) is 63.2 Å². The standard InChI is InChI=1S/C45H69N9O20/c1-4-5-38(59)73-34(22-55)28-69-41(62)36-8-6-30(20-52-36)39(60)67-24-32(57)26-71-43(64)49-14-12-47-10-11-48-13-15-50-45(66)74-35(23-56)29-70-42(63)37-9-7-31(21-53-37)40(61)68-25-33(58)27-72-44(65)51-17-19-54(3)18-16-46-2/h6-9,20-21,32-35,46-48,55-58H,4-5,10-19,22-29H2,1-3H3,(H,49,64)(H,50,66)(H,51,65). The molecule has 0 bridgehead atoms. The van der Waals surface area contributed by atoms with Crippen LogP contribution in [0.2, 0.25) is 0 Å². The van der Waals surface area contributed by atoms with E-state index in [4.69, 9.17) is 37.9 Å². The lowest BCUT2D eigenvalue weighted by molar-refractivity contribution is -0.153. The maximum atomic E-state index is 12.5. The lowest BCUT2D eigenvalue weighted by atomic mass is 10.2. The minimum absolute atomic E-state index is 0.0485. The van der Waals surface area contributed by atoms with Crippen LogP contribution in [0.5, 0.6) is 0 Å². The Morgan fingerprint density at radius 2 is 0.959 bits per heavy atom. The van der Waals surface area contributed by atoms with Gasteiger partial charge in [-0.2, -0.15) is 0 Å². The molecule has 0 aromatic carbocycles. The Morgan fingerprint density at radius 1 is 0.541 bits per heavy atom. The highest BCUT2D eigenvalue weighted by atomic mass is 16.6. The smallest absolute Gasteiger partial charge is 0.407 e. The molecule has 74 heavy (non-hydrogen) atoms. The monoisotopic (exact) mass is 1060 g/mol. The molecule has 2 aromatic heterocycles. The molecule has 29 nitrogen and oxygen atoms in total. The summed E-state index contributed by atoms with van der Waals surface area (Å²) in [4.78, 5) is 107. The van der Waals surface area contributed by atoms with Gasteiger partial charge >= 0.3 is 48.1 Å². The van der Waals surface area contributed by atoms with Crippen LogP contribution >= 0.6 is 0 Å². The van der Waals surface area contributed by atoms with E-state index in [9.17, 15) is 58.8 Å². The fourth-order valence-corrected chi connectivity index (χ4v) is 5.39. The summed E-state index contributed by atoms with van der Waals surface area (Å²) < 4.78 is 40.1. The van der Waals surface area contributed by atoms with Gasteiger partial charge in [0.25, 0.3) is 0 Å². The zero-order chi connectivity index (χ0) is 54.5. The van der Waals surface area contributed by atoms with Crippen molar-refractivity contribution in [1.29, 1.82) is 0 Å². The number of hydrogen-bond acceptors (Lipinski definition) is 26. The molecule has 0 saturated heterocycles. The summed E-state index contributed by atoms with van der Waals surface area (Å²) in [5.74, 6) is -4.11. The van der Waals surface area contributed by atoms with Crippen molar-refractivity contribution in [2.24, 2.45) is 0 Å². The average molecular weight is 1060 g/mol. The predicted octanol–water partition coefficient (Wildman–Crippen LogP) is -2.90. The molecule has 0 spiro atoms. The van der Waals surface area contributed by atoms with Crippen LogP contribution in [0.4, 0.5) is 14.4 Å². The molecule has 0 saturated carbocycles. The van der Waals surface area contributed by atoms with E-state index in [0.717, 1.165) is 25.5 Å². The Kier molecular flexibility index (Phi) is 32.3. The van der Waals surface area contributed by atoms with Gasteiger partial charge in [-0.25, -0.2) is 43.5 Å². The van der Waals surface area contributed by atoms with Crippen LogP contribution in [0.1, 0.15) is 61.5 Å². The SMILES string of the molecule is CCCC(=O)OC(CO)COC(=O)c1ccc(C(=O)OCC(O)COC(=O)NCCNCCNCCNC(=O)OC(CO)COC(=O)c2ccc(C(=O)OCC(O)COC(=O)NCCN(C)CCNC)cn2)cn1. The van der Waals surface area contributed by atoms with Crippen molar-refractivity contribution in [2.45, 2.75) is 44.2 Å². The van der Waals surface area contributed by atoms with Crippen LogP contribution in [-0.4, -0.2) is 240 Å². The third-order valence-corrected chi connectivity index (χ3v) is 9.40. The summed E-state index contributed by atoms with van der Waals surface area (Å²) in [6, 6.07) is 4.85. The van der Waals surface area contributed by atoms with Gasteiger partial charge in [-0.05, 0) is 44.8 Å². The number of nitrogens with one attached hydrogen (secondary N) is 6. The Bertz CT molecular complexity index is 2000. The maximum Gasteiger partial charge on any atom is 0.407 e. The lowest BCUT2D eigenvalue weighted by Gasteiger charge is -2.17. The lowest BCUT2D eigenvalue weighted by Crippen LogP contribution is -2.39. The maximum absolute atomic E-state index is 12.5. The highest BCUT2D eigenvalue weighted by Crippen LogP contribution is 2.08. The molecular formula is C45H69N9O20. The van der Waals surface area contributed by atoms with Gasteiger partial charge in [0.15, 0.2) is 12.2 Å². The number of esters is 5. The number of aromatic nitrogens is 2. The predicted molar refractivity (Wildman–Crippen MR) is 255 cm³/mol. The van der Waals surface area contributed by atoms with Gasteiger partial charge in [0.2, 0.25) is 0 Å². The second kappa shape index (κ2) is 37.8. The van der Waals surface area contributed by atoms with E-state index < -0.39 is 125 Å². The molecule has 4 atom stereocenters. The summed E-state index contributed by atoms with van der Waals surface area (Å²) in [7, 11) is 3.74. The van der Waals surface area contributed by atoms with Crippen molar-refractivity contribution in [1.82, 2.24) is 46.8 Å². The van der Waals surface area contributed by atoms with Crippen molar-refractivity contribution in [2.75, 3.05) is 132 Å². The number of nitrogens with zero attached hydrogens (tertiary/aromatic N) is 3. The van der Waals surface area contributed by atoms with Gasteiger partial charge in [0, 0.05) is 84.3 Å². The normalized spacial score (nSPS) is 12.5. The summed E-state index contributed by atoms with van der Waals surface area (Å²) in [5.41, 5.74) is -0.465. The van der Waals surface area contributed by atoms with Crippen molar-refractivity contribution in [3.05, 3.63) is 59.2 Å². The topological polar surface area (TPSA) is 393 Å². The zero-order valence-corrected chi connectivity index (χ0v) is 41.6. The molecule has 2 heterocycles. The van der Waals surface area contributed by atoms with E-state index in [1.54, 1.807) is 6.92 Å². The molecule has 0 fully saturated rings. The third-order valence-electron chi connectivity index (χ3n) is 9.40. The minimum atomic E-state index is -1.35. The highest BCUT2D eigenvalue weighted by Gasteiger charge is 2.21. The summed E-state index contributed by atoms with van der Waals surface area (Å²) >= 11 is 0. The van der Waals surface area contributed by atoms with Gasteiger partial charge < -0.3 is 95.1 Å². The van der Waals surface area contributed by atoms with Crippen molar-refractivity contribution in [3.8, 4) is 0 Å². The largest absolute Gasteiger partial charge is 0.459 e. The van der Waals surface area contributed by atoms with Gasteiger partial charge in [-0.3, -0.25) is 4.79 Å². The molecule has 2 rings (SSSR count). The summed E-state index contributed by atoms with van der Waals surface area (Å²) in [6.45, 7) is 2.23. The second-order valence-electron chi connectivity index (χ2n) is 15.7. The van der Waals surface area contributed by atoms with Crippen LogP contribution in [-0.2, 0) is 42.7 Å². The number of ether oxygens (including phenoxy) is 8. The quantitative estimate of drug-likeness (QED) is 0.0184. The number of hydrogen-bond donors (Lipinski definition) is 10. The molecule has 4 unspecified atom stereocenters. The number of aliphatic hydroxyl groups is 4. The van der Waals surface area contributed by atoms with E-state index in [1.807, 2.05) is 19.0 Å². The Hall–Kier alpha value is -6.86. The molecule has 2 aromatic rings. The van der Waals surface area contributed by atoms with Gasteiger partial charge in [-0.15, -0.1) is 0 Å². The first-order valence-electron chi connectivity index (χ1n) is 23.5. The number of aliphatic hydroxyl groups excluding tert-OH is 4. The molecule has 0 aliphatic rings. The van der Waals surface area contributed by atoms with E-state index in [2.05, 4.69) is 41.9 Å². The number of likely N-dealkylation sites (N-methyl/N-ethyl adjacent to an activating group) is 2. The van der Waals surface area contributed by atoms with Crippen LogP contribution in [0.3, 0.4) is 0 Å². The van der Waals surface area contributed by atoms with Crippen molar-refractivity contribution >= 4 is 48.1 Å². The number of carbonyl (C=O) groups is 8. The molecule has 414 valence electrons. The summed E-state index contributed by atoms with van der Waals surface area (Å²) in [6.07, 6.45) is -4.54. The Morgan fingerprint density at radius 3 is 1.41 bits per heavy atom. The minimum Gasteiger partial charge on any atom is -0.459 e. The van der Waals surface area contributed by atoms with Crippen molar-refractivity contribution < 1.29 is 96.7 Å². The van der Waals surface area contributed by atoms with Crippen LogP contribution in [0.25, 0.3) is 0 Å². The number of pyridine rings is 2. The first kappa shape index (κ1) is 63.3. The third kappa shape index (κ3) is 28.4. The first-order chi connectivity index (χ1) is 35.6. The number of carbonyl (C=O) groups excluding carboxylic acids is 8. The van der Waals surface area contributed by atoms with E-state index in [-0.39, 0.29) is 42.0 Å². The fraction of sp³-hybridized carbons (Fsp3) is 0.600. The second-order valence-corrected chi connectivity index (χ2v) is 15.7. The highest BCUT2D eigenvalue weighted by molar-refractivity contribution is 5.92. The molecule has 0 aliphatic carbocycles. The number of alkyl carbamates (subject to hydrolysis) is 3. The molecule has 10 N–H and O–H groups in total. The average Bonchev–Trinajstić information content (AvgIpc) is 3.40. The van der Waals surface area contributed by atoms with E-state index >= 15 is 0 Å². The Labute approximate surface area is 426 Å². The zero-order valence-electron chi connectivity index (χ0n) is 41.6. The number of rotatable bonds is 37. The van der Waals surface area contributed by atoms with Crippen LogP contribution in [0.15, 0.2) is 36.7 Å². The van der Waals surface area contributed by atoms with Crippen LogP contribution < -0.4 is 31.9 Å². The molecular weight excluding hydrogens is 987 g/mol. The van der Waals surface area contributed by atoms with Gasteiger partial charge in [-0.1, -0.05) is 6.92 Å². The van der Waals surface area contributed by atoms with Crippen LogP contribution in [0, 0.1) is 0 Å². The van der Waals surface area contributed by atoms with Gasteiger partial charge in [0.05, 0.1) is 24.3 Å². The van der Waals surface area contributed by atoms with Crippen molar-refractivity contribution in [3.63, 3.8) is 0 Å². The molecule has 0 radical (unpaired) electrons. The molecule has 3 amide bonds. The number of amides is 3. The molecule has 29 heteroatoms. The Balaban J connectivity index is 1.50. The van der Waals surface area contributed by atoms with E-state index in [0.29, 0.717) is 45.7 Å². The first-order valence-corrected chi connectivity index (χ1v) is 23.5. The fourth-order valence-electron chi connectivity index (χ4n) is 5.39.